The van der Waals surface area contributed by atoms with Gasteiger partial charge >= 0.3 is 0 Å². The highest BCUT2D eigenvalue weighted by molar-refractivity contribution is 5.59. The molecule has 1 fully saturated rings. The maximum absolute atomic E-state index is 10.8. The summed E-state index contributed by atoms with van der Waals surface area (Å²) >= 11 is 0. The van der Waals surface area contributed by atoms with Gasteiger partial charge < -0.3 is 16.0 Å². The Morgan fingerprint density at radius 2 is 2.29 bits per heavy atom. The summed E-state index contributed by atoms with van der Waals surface area (Å²) in [5, 5.41) is 14.3. The van der Waals surface area contributed by atoms with Crippen LogP contribution in [-0.4, -0.2) is 61.0 Å². The molecule has 0 bridgehead atoms. The van der Waals surface area contributed by atoms with E-state index in [9.17, 15) is 10.1 Å². The number of piperazine rings is 1. The summed E-state index contributed by atoms with van der Waals surface area (Å²) in [5.41, 5.74) is 6.97. The maximum Gasteiger partial charge on any atom is 0.292 e. The molecule has 1 aromatic rings. The van der Waals surface area contributed by atoms with Crippen LogP contribution < -0.4 is 11.1 Å². The minimum absolute atomic E-state index is 0.0236. The molecule has 1 atom stereocenters. The van der Waals surface area contributed by atoms with Gasteiger partial charge in [-0.25, -0.2) is 0 Å². The van der Waals surface area contributed by atoms with Crippen molar-refractivity contribution in [2.24, 2.45) is 0 Å². The summed E-state index contributed by atoms with van der Waals surface area (Å²) in [4.78, 5) is 14.8. The average molecular weight is 293 g/mol. The molecule has 0 aromatic heterocycles. The number of nitro benzene ring substituents is 1. The van der Waals surface area contributed by atoms with Crippen LogP contribution in [0.2, 0.25) is 0 Å². The van der Waals surface area contributed by atoms with Gasteiger partial charge in [0.05, 0.1) is 4.92 Å². The first kappa shape index (κ1) is 15.7. The third-order valence-electron chi connectivity index (χ3n) is 3.62. The van der Waals surface area contributed by atoms with E-state index in [1.54, 1.807) is 12.1 Å². The van der Waals surface area contributed by atoms with Crippen molar-refractivity contribution in [3.63, 3.8) is 0 Å². The quantitative estimate of drug-likeness (QED) is 0.467. The molecule has 0 radical (unpaired) electrons. The second-order valence-corrected chi connectivity index (χ2v) is 5.80. The number of likely N-dealkylation sites (N-methyl/N-ethyl adjacent to an activating group) is 1. The van der Waals surface area contributed by atoms with Gasteiger partial charge in [-0.2, -0.15) is 0 Å². The van der Waals surface area contributed by atoms with Crippen molar-refractivity contribution in [2.75, 3.05) is 46.0 Å². The van der Waals surface area contributed by atoms with E-state index in [0.29, 0.717) is 6.04 Å². The van der Waals surface area contributed by atoms with Crippen molar-refractivity contribution in [3.05, 3.63) is 33.9 Å². The highest BCUT2D eigenvalue weighted by Gasteiger charge is 2.20. The first-order chi connectivity index (χ1) is 9.95. The van der Waals surface area contributed by atoms with Crippen molar-refractivity contribution in [1.29, 1.82) is 0 Å². The van der Waals surface area contributed by atoms with Gasteiger partial charge in [0.15, 0.2) is 0 Å². The molecule has 1 saturated heterocycles. The van der Waals surface area contributed by atoms with Crippen LogP contribution in [0.1, 0.15) is 5.56 Å². The molecule has 0 aliphatic carbocycles. The summed E-state index contributed by atoms with van der Waals surface area (Å²) in [6.07, 6.45) is 0. The lowest BCUT2D eigenvalue weighted by Gasteiger charge is -2.35. The Morgan fingerprint density at radius 3 is 2.90 bits per heavy atom. The zero-order valence-corrected chi connectivity index (χ0v) is 12.6. The van der Waals surface area contributed by atoms with E-state index in [4.69, 9.17) is 5.73 Å². The minimum atomic E-state index is -0.447. The Balaban J connectivity index is 1.98. The van der Waals surface area contributed by atoms with Crippen molar-refractivity contribution in [2.45, 2.75) is 12.6 Å². The van der Waals surface area contributed by atoms with E-state index < -0.39 is 4.92 Å². The summed E-state index contributed by atoms with van der Waals surface area (Å²) in [6.45, 7) is 4.67. The molecular weight excluding hydrogens is 270 g/mol. The van der Waals surface area contributed by atoms with Gasteiger partial charge in [0.1, 0.15) is 5.69 Å². The van der Waals surface area contributed by atoms with Crippen LogP contribution in [0, 0.1) is 10.1 Å². The molecule has 0 saturated carbocycles. The summed E-state index contributed by atoms with van der Waals surface area (Å²) in [5.74, 6) is 0. The molecule has 1 aliphatic rings. The first-order valence-corrected chi connectivity index (χ1v) is 7.09. The molecule has 0 amide bonds. The second kappa shape index (κ2) is 6.84. The van der Waals surface area contributed by atoms with Crippen LogP contribution in [0.5, 0.6) is 0 Å². The van der Waals surface area contributed by atoms with Crippen LogP contribution in [-0.2, 0) is 6.54 Å². The number of nitrogens with two attached hydrogens (primary N) is 1. The maximum atomic E-state index is 10.8. The summed E-state index contributed by atoms with van der Waals surface area (Å²) in [6, 6.07) is 5.44. The third-order valence-corrected chi connectivity index (χ3v) is 3.62. The fraction of sp³-hybridized carbons (Fsp3) is 0.571. The molecule has 1 heterocycles. The summed E-state index contributed by atoms with van der Waals surface area (Å²) in [7, 11) is 4.13. The molecule has 3 N–H and O–H groups in total. The van der Waals surface area contributed by atoms with Gasteiger partial charge in [-0.3, -0.25) is 15.0 Å². The zero-order valence-electron chi connectivity index (χ0n) is 12.6. The number of hydrogen-bond donors (Lipinski definition) is 2. The normalized spacial score (nSPS) is 19.9. The van der Waals surface area contributed by atoms with Crippen molar-refractivity contribution in [3.8, 4) is 0 Å². The highest BCUT2D eigenvalue weighted by Crippen LogP contribution is 2.23. The minimum Gasteiger partial charge on any atom is -0.393 e. The number of hydrogen-bond acceptors (Lipinski definition) is 6. The van der Waals surface area contributed by atoms with Crippen molar-refractivity contribution in [1.82, 2.24) is 15.1 Å². The topological polar surface area (TPSA) is 87.7 Å². The van der Waals surface area contributed by atoms with Crippen molar-refractivity contribution < 1.29 is 4.92 Å². The Labute approximate surface area is 124 Å². The monoisotopic (exact) mass is 293 g/mol. The fourth-order valence-corrected chi connectivity index (χ4v) is 2.73. The second-order valence-electron chi connectivity index (χ2n) is 5.80. The molecule has 1 unspecified atom stereocenters. The molecule has 2 rings (SSSR count). The lowest BCUT2D eigenvalue weighted by molar-refractivity contribution is -0.383. The van der Waals surface area contributed by atoms with E-state index in [1.807, 2.05) is 0 Å². The van der Waals surface area contributed by atoms with Gasteiger partial charge in [-0.05, 0) is 25.7 Å². The highest BCUT2D eigenvalue weighted by atomic mass is 16.6. The number of benzene rings is 1. The third kappa shape index (κ3) is 4.38. The van der Waals surface area contributed by atoms with Crippen LogP contribution in [0.3, 0.4) is 0 Å². The number of nitrogen functional groups attached to an aromatic ring is 1. The predicted octanol–water partition coefficient (Wildman–Crippen LogP) is 0.512. The van der Waals surface area contributed by atoms with Gasteiger partial charge in [0.2, 0.25) is 0 Å². The van der Waals surface area contributed by atoms with E-state index in [2.05, 4.69) is 29.2 Å². The molecule has 21 heavy (non-hydrogen) atoms. The molecular formula is C14H23N5O2. The largest absolute Gasteiger partial charge is 0.393 e. The number of anilines is 1. The molecule has 7 nitrogen and oxygen atoms in total. The Hall–Kier alpha value is -1.70. The summed E-state index contributed by atoms with van der Waals surface area (Å²) < 4.78 is 0. The Morgan fingerprint density at radius 1 is 1.52 bits per heavy atom. The molecule has 0 spiro atoms. The number of nitro groups is 1. The van der Waals surface area contributed by atoms with E-state index in [-0.39, 0.29) is 11.4 Å². The van der Waals surface area contributed by atoms with Gasteiger partial charge in [0, 0.05) is 44.8 Å². The lowest BCUT2D eigenvalue weighted by Crippen LogP contribution is -2.53. The molecule has 1 aromatic carbocycles. The van der Waals surface area contributed by atoms with E-state index in [0.717, 1.165) is 38.3 Å². The Kier molecular flexibility index (Phi) is 5.11. The standard InChI is InChI=1S/C14H23N5O2/c1-17(2)9-12-10-18(6-5-16-12)8-11-3-4-14(19(20)21)13(15)7-11/h3-4,7,12,16H,5-6,8-10,15H2,1-2H3. The van der Waals surface area contributed by atoms with Gasteiger partial charge in [-0.1, -0.05) is 6.07 Å². The average Bonchev–Trinajstić information content (AvgIpc) is 2.37. The molecule has 7 heteroatoms. The van der Waals surface area contributed by atoms with E-state index in [1.165, 1.54) is 6.07 Å². The zero-order chi connectivity index (χ0) is 15.4. The van der Waals surface area contributed by atoms with Gasteiger partial charge in [-0.15, -0.1) is 0 Å². The number of nitrogens with zero attached hydrogens (tertiary/aromatic N) is 3. The molecule has 1 aliphatic heterocycles. The lowest BCUT2D eigenvalue weighted by atomic mass is 10.1. The van der Waals surface area contributed by atoms with E-state index >= 15 is 0 Å². The van der Waals surface area contributed by atoms with Crippen LogP contribution in [0.25, 0.3) is 0 Å². The smallest absolute Gasteiger partial charge is 0.292 e. The van der Waals surface area contributed by atoms with Crippen molar-refractivity contribution >= 4 is 11.4 Å². The fourth-order valence-electron chi connectivity index (χ4n) is 2.73. The van der Waals surface area contributed by atoms with Crippen LogP contribution in [0.4, 0.5) is 11.4 Å². The molecule has 116 valence electrons. The number of nitrogens with one attached hydrogen (secondary N) is 1. The predicted molar refractivity (Wildman–Crippen MR) is 83.1 cm³/mol. The van der Waals surface area contributed by atoms with Crippen LogP contribution in [0.15, 0.2) is 18.2 Å². The first-order valence-electron chi connectivity index (χ1n) is 7.09. The Bertz CT molecular complexity index is 506. The number of rotatable bonds is 5. The van der Waals surface area contributed by atoms with Gasteiger partial charge in [0.25, 0.3) is 5.69 Å². The SMILES string of the molecule is CN(C)CC1CN(Cc2ccc([N+](=O)[O-])c(N)c2)CCN1. The van der Waals surface area contributed by atoms with Crippen LogP contribution >= 0.6 is 0 Å².